The molecule has 2 heterocycles. The molecule has 0 radical (unpaired) electrons. The van der Waals surface area contributed by atoms with Gasteiger partial charge in [0.15, 0.2) is 11.7 Å². The smallest absolute Gasteiger partial charge is 0.312 e. The monoisotopic (exact) mass is 536 g/mol. The molecule has 0 aromatic rings. The maximum Gasteiger partial charge on any atom is 0.312 e. The van der Waals surface area contributed by atoms with Crippen molar-refractivity contribution >= 4 is 23.9 Å². The normalized spacial score (nSPS) is 43.8. The van der Waals surface area contributed by atoms with Gasteiger partial charge in [-0.1, -0.05) is 19.4 Å². The second-order valence-corrected chi connectivity index (χ2v) is 11.7. The molecule has 0 spiro atoms. The van der Waals surface area contributed by atoms with Crippen LogP contribution < -0.4 is 0 Å². The molecule has 212 valence electrons. The number of carbonyl (C=O) groups excluding carboxylic acids is 4. The van der Waals surface area contributed by atoms with Gasteiger partial charge in [-0.15, -0.1) is 0 Å². The summed E-state index contributed by atoms with van der Waals surface area (Å²) in [7, 11) is 0. The summed E-state index contributed by atoms with van der Waals surface area (Å²) in [6.07, 6.45) is -0.603. The number of hydrogen-bond acceptors (Lipinski definition) is 10. The fraction of sp³-hybridized carbons (Fsp3) is 0.786. The summed E-state index contributed by atoms with van der Waals surface area (Å²) in [4.78, 5) is 50.6. The fourth-order valence-corrected chi connectivity index (χ4v) is 7.06. The molecular weight excluding hydrogens is 496 g/mol. The van der Waals surface area contributed by atoms with Crippen LogP contribution in [-0.2, 0) is 42.9 Å². The number of aliphatic hydroxyl groups is 1. The first kappa shape index (κ1) is 28.5. The molecule has 2 saturated heterocycles. The van der Waals surface area contributed by atoms with E-state index >= 15 is 0 Å². The van der Waals surface area contributed by atoms with Gasteiger partial charge in [-0.3, -0.25) is 19.2 Å². The van der Waals surface area contributed by atoms with Gasteiger partial charge in [0.25, 0.3) is 0 Å². The zero-order valence-corrected chi connectivity index (χ0v) is 23.3. The van der Waals surface area contributed by atoms with Crippen LogP contribution in [0.2, 0.25) is 0 Å². The third-order valence-corrected chi connectivity index (χ3v) is 9.15. The standard InChI is InChI=1S/C28H40O10/c1-8-9-22(31)36-18-11-10-14(2)12-21-28(33,15(3)25(32)37-21)24(35-17(5)30)23-26(18,6)19(34-16(4)29)13-20-27(23,7)38-20/h12,15,18-21,23-24,33H,8-11,13H2,1-7H3. The van der Waals surface area contributed by atoms with Crippen LogP contribution in [0.25, 0.3) is 0 Å². The fourth-order valence-electron chi connectivity index (χ4n) is 7.06. The van der Waals surface area contributed by atoms with Crippen molar-refractivity contribution in [2.75, 3.05) is 0 Å². The van der Waals surface area contributed by atoms with E-state index < -0.39 is 76.7 Å². The first-order chi connectivity index (χ1) is 17.7. The summed E-state index contributed by atoms with van der Waals surface area (Å²) < 4.78 is 29.8. The Morgan fingerprint density at radius 1 is 1.11 bits per heavy atom. The molecule has 0 bridgehead atoms. The van der Waals surface area contributed by atoms with Crippen molar-refractivity contribution in [3.8, 4) is 0 Å². The number of carbonyl (C=O) groups is 4. The van der Waals surface area contributed by atoms with Gasteiger partial charge in [0, 0.05) is 32.6 Å². The van der Waals surface area contributed by atoms with E-state index in [9.17, 15) is 24.3 Å². The van der Waals surface area contributed by atoms with Gasteiger partial charge < -0.3 is 28.8 Å². The first-order valence-electron chi connectivity index (χ1n) is 13.5. The van der Waals surface area contributed by atoms with Crippen LogP contribution in [0.1, 0.15) is 80.6 Å². The maximum absolute atomic E-state index is 12.9. The second-order valence-electron chi connectivity index (χ2n) is 11.7. The summed E-state index contributed by atoms with van der Waals surface area (Å²) in [5.74, 6) is -4.05. The summed E-state index contributed by atoms with van der Waals surface area (Å²) >= 11 is 0. The lowest BCUT2D eigenvalue weighted by molar-refractivity contribution is -0.234. The van der Waals surface area contributed by atoms with Crippen LogP contribution >= 0.6 is 0 Å². The lowest BCUT2D eigenvalue weighted by Gasteiger charge is -2.55. The quantitative estimate of drug-likeness (QED) is 0.242. The number of rotatable bonds is 5. The molecule has 0 aromatic carbocycles. The number of hydrogen-bond donors (Lipinski definition) is 1. The van der Waals surface area contributed by atoms with Crippen molar-refractivity contribution in [2.24, 2.45) is 17.3 Å². The Kier molecular flexibility index (Phi) is 7.46. The maximum atomic E-state index is 12.9. The molecule has 38 heavy (non-hydrogen) atoms. The Hall–Kier alpha value is -2.46. The van der Waals surface area contributed by atoms with Gasteiger partial charge in [0.2, 0.25) is 0 Å². The van der Waals surface area contributed by atoms with Crippen molar-refractivity contribution < 1.29 is 48.0 Å². The SMILES string of the molecule is CCCC(=O)OC1CCC(C)=CC2OC(=O)C(C)C2(O)C(OC(C)=O)C2C3(C)OC3CC(OC(C)=O)C12C. The number of allylic oxidation sites excluding steroid dienone is 1. The third-order valence-electron chi connectivity index (χ3n) is 9.15. The Labute approximate surface area is 223 Å². The van der Waals surface area contributed by atoms with Crippen LogP contribution in [0.5, 0.6) is 0 Å². The Balaban J connectivity index is 1.98. The van der Waals surface area contributed by atoms with Gasteiger partial charge in [-0.05, 0) is 46.1 Å². The lowest BCUT2D eigenvalue weighted by Crippen LogP contribution is -2.69. The Morgan fingerprint density at radius 2 is 1.76 bits per heavy atom. The minimum absolute atomic E-state index is 0.208. The van der Waals surface area contributed by atoms with Crippen LogP contribution in [0.4, 0.5) is 0 Å². The van der Waals surface area contributed by atoms with E-state index in [1.807, 2.05) is 27.7 Å². The topological polar surface area (TPSA) is 138 Å². The summed E-state index contributed by atoms with van der Waals surface area (Å²) in [5, 5.41) is 12.4. The average molecular weight is 537 g/mol. The predicted octanol–water partition coefficient (Wildman–Crippen LogP) is 2.78. The number of epoxide rings is 1. The predicted molar refractivity (Wildman–Crippen MR) is 132 cm³/mol. The van der Waals surface area contributed by atoms with Crippen molar-refractivity contribution in [1.29, 1.82) is 0 Å². The molecule has 3 fully saturated rings. The van der Waals surface area contributed by atoms with E-state index in [2.05, 4.69) is 0 Å². The molecule has 2 aliphatic heterocycles. The van der Waals surface area contributed by atoms with E-state index in [4.69, 9.17) is 23.7 Å². The first-order valence-corrected chi connectivity index (χ1v) is 13.5. The van der Waals surface area contributed by atoms with Crippen molar-refractivity contribution in [2.45, 2.75) is 122 Å². The van der Waals surface area contributed by atoms with E-state index in [1.165, 1.54) is 13.8 Å². The minimum atomic E-state index is -1.96. The summed E-state index contributed by atoms with van der Waals surface area (Å²) in [5.41, 5.74) is -3.21. The van der Waals surface area contributed by atoms with Gasteiger partial charge in [-0.25, -0.2) is 0 Å². The highest BCUT2D eigenvalue weighted by Crippen LogP contribution is 2.64. The Morgan fingerprint density at radius 3 is 2.37 bits per heavy atom. The molecule has 10 nitrogen and oxygen atoms in total. The highest BCUT2D eigenvalue weighted by molar-refractivity contribution is 5.78. The number of esters is 4. The molecule has 10 unspecified atom stereocenters. The molecule has 10 heteroatoms. The highest BCUT2D eigenvalue weighted by atomic mass is 16.6. The van der Waals surface area contributed by atoms with Gasteiger partial charge in [0.05, 0.1) is 23.0 Å². The lowest BCUT2D eigenvalue weighted by atomic mass is 9.53. The van der Waals surface area contributed by atoms with Crippen LogP contribution in [0.3, 0.4) is 0 Å². The average Bonchev–Trinajstić information content (AvgIpc) is 3.42. The molecule has 2 aliphatic carbocycles. The molecule has 1 saturated carbocycles. The van der Waals surface area contributed by atoms with E-state index in [1.54, 1.807) is 13.0 Å². The zero-order chi connectivity index (χ0) is 28.2. The molecular formula is C28H40O10. The molecule has 4 aliphatic rings. The van der Waals surface area contributed by atoms with Gasteiger partial charge >= 0.3 is 23.9 Å². The third kappa shape index (κ3) is 4.53. The molecule has 1 N–H and O–H groups in total. The van der Waals surface area contributed by atoms with Gasteiger partial charge in [-0.2, -0.15) is 0 Å². The van der Waals surface area contributed by atoms with Crippen molar-refractivity contribution in [1.82, 2.24) is 0 Å². The second kappa shape index (κ2) is 9.93. The summed E-state index contributed by atoms with van der Waals surface area (Å²) in [6, 6.07) is 0. The van der Waals surface area contributed by atoms with Crippen molar-refractivity contribution in [3.63, 3.8) is 0 Å². The van der Waals surface area contributed by atoms with Crippen LogP contribution in [-0.4, -0.2) is 70.7 Å². The number of ether oxygens (including phenoxy) is 5. The van der Waals surface area contributed by atoms with Crippen molar-refractivity contribution in [3.05, 3.63) is 11.6 Å². The molecule has 0 amide bonds. The van der Waals surface area contributed by atoms with E-state index in [-0.39, 0.29) is 12.5 Å². The van der Waals surface area contributed by atoms with E-state index in [0.717, 1.165) is 5.57 Å². The number of fused-ring (bicyclic) bond motifs is 4. The Bertz CT molecular complexity index is 1040. The van der Waals surface area contributed by atoms with Gasteiger partial charge in [0.1, 0.15) is 18.3 Å². The highest BCUT2D eigenvalue weighted by Gasteiger charge is 2.77. The van der Waals surface area contributed by atoms with E-state index in [0.29, 0.717) is 25.7 Å². The minimum Gasteiger partial charge on any atom is -0.462 e. The van der Waals surface area contributed by atoms with Crippen LogP contribution in [0, 0.1) is 17.3 Å². The molecule has 10 atom stereocenters. The zero-order valence-electron chi connectivity index (χ0n) is 23.3. The molecule has 4 rings (SSSR count). The molecule has 0 aromatic heterocycles. The summed E-state index contributed by atoms with van der Waals surface area (Å²) in [6.45, 7) is 11.5. The largest absolute Gasteiger partial charge is 0.462 e. The van der Waals surface area contributed by atoms with Crippen LogP contribution in [0.15, 0.2) is 11.6 Å².